The van der Waals surface area contributed by atoms with Gasteiger partial charge in [0.2, 0.25) is 0 Å². The number of carbonyl (C=O) groups excluding carboxylic acids is 2. The quantitative estimate of drug-likeness (QED) is 0.125. The molecule has 2 amide bonds. The topological polar surface area (TPSA) is 140 Å². The van der Waals surface area contributed by atoms with Crippen molar-refractivity contribution in [2.24, 2.45) is 5.10 Å². The van der Waals surface area contributed by atoms with Crippen LogP contribution in [0.15, 0.2) is 136 Å². The van der Waals surface area contributed by atoms with Gasteiger partial charge in [0, 0.05) is 0 Å². The van der Waals surface area contributed by atoms with E-state index in [2.05, 4.69) is 15.8 Å². The lowest BCUT2D eigenvalue weighted by atomic mass is 10.1. The zero-order valence-corrected chi connectivity index (χ0v) is 26.2. The van der Waals surface area contributed by atoms with E-state index in [4.69, 9.17) is 13.9 Å². The highest BCUT2D eigenvalue weighted by molar-refractivity contribution is 7.92. The van der Waals surface area contributed by atoms with Crippen LogP contribution in [0.1, 0.15) is 27.2 Å². The lowest BCUT2D eigenvalue weighted by Gasteiger charge is -2.26. The van der Waals surface area contributed by atoms with Crippen molar-refractivity contribution in [1.82, 2.24) is 10.7 Å². The molecule has 1 aromatic heterocycles. The van der Waals surface area contributed by atoms with Gasteiger partial charge < -0.3 is 19.2 Å². The summed E-state index contributed by atoms with van der Waals surface area (Å²) in [5, 5.41) is 6.78. The van der Waals surface area contributed by atoms with E-state index in [9.17, 15) is 18.0 Å². The number of hydrazone groups is 1. The predicted molar refractivity (Wildman–Crippen MR) is 177 cm³/mol. The van der Waals surface area contributed by atoms with Crippen LogP contribution in [-0.2, 0) is 27.9 Å². The van der Waals surface area contributed by atoms with Crippen LogP contribution >= 0.6 is 0 Å². The van der Waals surface area contributed by atoms with Gasteiger partial charge in [0.15, 0.2) is 6.61 Å². The highest BCUT2D eigenvalue weighted by Gasteiger charge is 2.28. The fourth-order valence-electron chi connectivity index (χ4n) is 4.48. The molecule has 2 N–H and O–H groups in total. The number of benzene rings is 4. The van der Waals surface area contributed by atoms with Crippen molar-refractivity contribution in [3.8, 4) is 11.5 Å². The van der Waals surface area contributed by atoms with Crippen LogP contribution in [0.25, 0.3) is 0 Å². The summed E-state index contributed by atoms with van der Waals surface area (Å²) in [5.41, 5.74) is 4.19. The summed E-state index contributed by atoms with van der Waals surface area (Å²) in [6.45, 7) is 0.0895. The van der Waals surface area contributed by atoms with Crippen molar-refractivity contribution in [2.75, 3.05) is 18.0 Å². The van der Waals surface area contributed by atoms with Crippen LogP contribution in [0.5, 0.6) is 11.5 Å². The van der Waals surface area contributed by atoms with Crippen molar-refractivity contribution >= 4 is 33.7 Å². The molecule has 0 atom stereocenters. The van der Waals surface area contributed by atoms with Crippen molar-refractivity contribution in [3.05, 3.63) is 144 Å². The number of hydrogen-bond acceptors (Lipinski definition) is 8. The number of rotatable bonds is 14. The molecule has 5 rings (SSSR count). The summed E-state index contributed by atoms with van der Waals surface area (Å²) in [6.07, 6.45) is 2.97. The van der Waals surface area contributed by atoms with Gasteiger partial charge in [-0.05, 0) is 83.9 Å². The average molecular weight is 653 g/mol. The minimum atomic E-state index is -4.11. The van der Waals surface area contributed by atoms with E-state index >= 15 is 0 Å². The lowest BCUT2D eigenvalue weighted by molar-refractivity contribution is -0.123. The second-order valence-corrected chi connectivity index (χ2v) is 12.0. The Morgan fingerprint density at radius 2 is 1.55 bits per heavy atom. The van der Waals surface area contributed by atoms with E-state index < -0.39 is 15.9 Å². The Morgan fingerprint density at radius 3 is 2.26 bits per heavy atom. The normalized spacial score (nSPS) is 11.2. The maximum atomic E-state index is 14.0. The lowest BCUT2D eigenvalue weighted by Crippen LogP contribution is -2.33. The molecule has 47 heavy (non-hydrogen) atoms. The number of furan rings is 1. The molecule has 0 aliphatic carbocycles. The van der Waals surface area contributed by atoms with E-state index in [1.807, 2.05) is 30.3 Å². The summed E-state index contributed by atoms with van der Waals surface area (Å²) >= 11 is 0. The molecule has 0 bridgehead atoms. The molecule has 5 aromatic rings. The molecular formula is C35H32N4O7S. The van der Waals surface area contributed by atoms with Crippen LogP contribution < -0.4 is 24.5 Å². The zero-order chi connectivity index (χ0) is 33.1. The molecule has 0 aliphatic rings. The standard InChI is InChI=1S/C35H32N4O7S/c1-44-28-17-19-31(20-18-28)47(42,43)39(24-27-8-3-2-4-9-27)33-12-6-5-11-32(33)35(41)38-37-22-26-13-15-29(16-14-26)46-25-34(40)36-23-30-10-7-21-45-30/h2-22H,23-25H2,1H3,(H,36,40)(H,38,41)/b37-22-. The highest BCUT2D eigenvalue weighted by atomic mass is 32.2. The third-order valence-corrected chi connectivity index (χ3v) is 8.68. The third-order valence-electron chi connectivity index (χ3n) is 6.90. The highest BCUT2D eigenvalue weighted by Crippen LogP contribution is 2.30. The summed E-state index contributed by atoms with van der Waals surface area (Å²) in [4.78, 5) is 25.4. The van der Waals surface area contributed by atoms with Crippen LogP contribution in [0.3, 0.4) is 0 Å². The molecule has 4 aromatic carbocycles. The van der Waals surface area contributed by atoms with Gasteiger partial charge in [-0.3, -0.25) is 13.9 Å². The number of anilines is 1. The third kappa shape index (κ3) is 8.65. The largest absolute Gasteiger partial charge is 0.497 e. The molecule has 0 aliphatic heterocycles. The Kier molecular flexibility index (Phi) is 10.7. The molecule has 11 nitrogen and oxygen atoms in total. The first-order valence-electron chi connectivity index (χ1n) is 14.5. The Labute approximate surface area is 272 Å². The molecule has 240 valence electrons. The minimum Gasteiger partial charge on any atom is -0.497 e. The minimum absolute atomic E-state index is 0.0111. The van der Waals surface area contributed by atoms with Crippen LogP contribution in [0, 0.1) is 0 Å². The number of ether oxygens (including phenoxy) is 2. The molecule has 0 radical (unpaired) electrons. The first-order valence-corrected chi connectivity index (χ1v) is 15.9. The number of carbonyl (C=O) groups is 2. The Hall–Kier alpha value is -5.88. The summed E-state index contributed by atoms with van der Waals surface area (Å²) in [5.74, 6) is 0.739. The monoisotopic (exact) mass is 652 g/mol. The molecule has 1 heterocycles. The van der Waals surface area contributed by atoms with Gasteiger partial charge in [-0.2, -0.15) is 5.10 Å². The van der Waals surface area contributed by atoms with Crippen LogP contribution in [0.2, 0.25) is 0 Å². The van der Waals surface area contributed by atoms with E-state index in [0.717, 1.165) is 5.56 Å². The molecule has 12 heteroatoms. The Balaban J connectivity index is 1.27. The molecule has 0 fully saturated rings. The van der Waals surface area contributed by atoms with Crippen molar-refractivity contribution < 1.29 is 31.9 Å². The fourth-order valence-corrected chi connectivity index (χ4v) is 5.95. The number of sulfonamides is 1. The zero-order valence-electron chi connectivity index (χ0n) is 25.4. The number of nitrogens with zero attached hydrogens (tertiary/aromatic N) is 2. The SMILES string of the molecule is COc1ccc(S(=O)(=O)N(Cc2ccccc2)c2ccccc2C(=O)N/N=C\c2ccc(OCC(=O)NCc3ccco3)cc2)cc1. The number of amides is 2. The Bertz CT molecular complexity index is 1910. The summed E-state index contributed by atoms with van der Waals surface area (Å²) in [6, 6.07) is 31.9. The van der Waals surface area contributed by atoms with Gasteiger partial charge in [0.1, 0.15) is 17.3 Å². The van der Waals surface area contributed by atoms with Crippen molar-refractivity contribution in [3.63, 3.8) is 0 Å². The van der Waals surface area contributed by atoms with Crippen LogP contribution in [0.4, 0.5) is 5.69 Å². The van der Waals surface area contributed by atoms with Gasteiger partial charge in [-0.1, -0.05) is 42.5 Å². The molecule has 0 unspecified atom stereocenters. The maximum absolute atomic E-state index is 14.0. The van der Waals surface area contributed by atoms with E-state index in [-0.39, 0.29) is 41.7 Å². The van der Waals surface area contributed by atoms with E-state index in [1.165, 1.54) is 36.0 Å². The average Bonchev–Trinajstić information content (AvgIpc) is 3.64. The maximum Gasteiger partial charge on any atom is 0.273 e. The Morgan fingerprint density at radius 1 is 0.851 bits per heavy atom. The number of nitrogens with one attached hydrogen (secondary N) is 2. The fraction of sp³-hybridized carbons (Fsp3) is 0.114. The van der Waals surface area contributed by atoms with Gasteiger partial charge in [-0.15, -0.1) is 0 Å². The predicted octanol–water partition coefficient (Wildman–Crippen LogP) is 5.14. The number of methoxy groups -OCH3 is 1. The molecule has 0 saturated carbocycles. The van der Waals surface area contributed by atoms with Gasteiger partial charge in [-0.25, -0.2) is 13.8 Å². The summed E-state index contributed by atoms with van der Waals surface area (Å²) < 4.78 is 45.1. The van der Waals surface area contributed by atoms with Gasteiger partial charge >= 0.3 is 0 Å². The first kappa shape index (κ1) is 32.5. The van der Waals surface area contributed by atoms with Crippen LogP contribution in [-0.4, -0.2) is 40.2 Å². The van der Waals surface area contributed by atoms with Gasteiger partial charge in [0.25, 0.3) is 21.8 Å². The van der Waals surface area contributed by atoms with E-state index in [0.29, 0.717) is 22.8 Å². The van der Waals surface area contributed by atoms with Crippen molar-refractivity contribution in [2.45, 2.75) is 18.0 Å². The van der Waals surface area contributed by atoms with E-state index in [1.54, 1.807) is 72.8 Å². The van der Waals surface area contributed by atoms with Gasteiger partial charge in [0.05, 0.1) is 48.8 Å². The molecular weight excluding hydrogens is 620 g/mol. The number of para-hydroxylation sites is 1. The smallest absolute Gasteiger partial charge is 0.273 e. The molecule has 0 spiro atoms. The second kappa shape index (κ2) is 15.4. The number of hydrogen-bond donors (Lipinski definition) is 2. The summed E-state index contributed by atoms with van der Waals surface area (Å²) in [7, 11) is -2.61. The first-order chi connectivity index (χ1) is 22.8. The van der Waals surface area contributed by atoms with Crippen molar-refractivity contribution in [1.29, 1.82) is 0 Å². The second-order valence-electron chi connectivity index (χ2n) is 10.1. The molecule has 0 saturated heterocycles.